The number of hydrogen-bond acceptors (Lipinski definition) is 3. The van der Waals surface area contributed by atoms with Crippen LogP contribution >= 0.6 is 0 Å². The molecule has 1 heterocycles. The van der Waals surface area contributed by atoms with E-state index in [1.165, 1.54) is 11.1 Å². The molecule has 5 heteroatoms. The molecule has 0 fully saturated rings. The summed E-state index contributed by atoms with van der Waals surface area (Å²) in [6.45, 7) is 8.20. The fourth-order valence-electron chi connectivity index (χ4n) is 3.58. The molecule has 0 saturated carbocycles. The van der Waals surface area contributed by atoms with Crippen molar-refractivity contribution in [1.82, 2.24) is 14.9 Å². The molecule has 1 amide bonds. The molecule has 0 aliphatic rings. The number of aryl methyl sites for hydroxylation is 3. The number of imidazole rings is 1. The molecule has 1 N–H and O–H groups in total. The number of hydrogen-bond donors (Lipinski definition) is 1. The van der Waals surface area contributed by atoms with Crippen LogP contribution < -0.4 is 10.1 Å². The molecule has 0 bridgehead atoms. The Morgan fingerprint density at radius 1 is 1.10 bits per heavy atom. The first-order valence-corrected chi connectivity index (χ1v) is 10.5. The highest BCUT2D eigenvalue weighted by Crippen LogP contribution is 2.18. The van der Waals surface area contributed by atoms with Crippen LogP contribution in [0.3, 0.4) is 0 Å². The Morgan fingerprint density at radius 2 is 1.86 bits per heavy atom. The number of rotatable bonds is 10. The van der Waals surface area contributed by atoms with Crippen LogP contribution in [0.1, 0.15) is 49.6 Å². The Hall–Kier alpha value is -2.82. The van der Waals surface area contributed by atoms with Crippen LogP contribution in [0, 0.1) is 13.8 Å². The number of carbonyl (C=O) groups excluding carboxylic acids is 1. The zero-order valence-electron chi connectivity index (χ0n) is 17.7. The second-order valence-electron chi connectivity index (χ2n) is 7.57. The zero-order chi connectivity index (χ0) is 20.6. The van der Waals surface area contributed by atoms with E-state index in [0.717, 1.165) is 48.4 Å². The quantitative estimate of drug-likeness (QED) is 0.497. The maximum atomic E-state index is 11.9. The number of fused-ring (bicyclic) bond motifs is 1. The van der Waals surface area contributed by atoms with E-state index in [0.29, 0.717) is 19.6 Å². The lowest BCUT2D eigenvalue weighted by atomic mass is 10.1. The van der Waals surface area contributed by atoms with Crippen molar-refractivity contribution in [2.24, 2.45) is 0 Å². The van der Waals surface area contributed by atoms with E-state index in [-0.39, 0.29) is 5.91 Å². The summed E-state index contributed by atoms with van der Waals surface area (Å²) in [7, 11) is 0. The van der Waals surface area contributed by atoms with Crippen molar-refractivity contribution in [3.8, 4) is 5.75 Å². The topological polar surface area (TPSA) is 56.2 Å². The smallest absolute Gasteiger partial charge is 0.220 e. The van der Waals surface area contributed by atoms with Crippen molar-refractivity contribution in [2.75, 3.05) is 6.61 Å². The average molecular weight is 394 g/mol. The van der Waals surface area contributed by atoms with Gasteiger partial charge in [0.25, 0.3) is 0 Å². The molecule has 0 radical (unpaired) electrons. The molecular formula is C24H31N3O2. The molecule has 3 aromatic rings. The molecule has 0 atom stereocenters. The van der Waals surface area contributed by atoms with E-state index in [1.807, 2.05) is 25.1 Å². The molecule has 29 heavy (non-hydrogen) atoms. The summed E-state index contributed by atoms with van der Waals surface area (Å²) < 4.78 is 8.15. The lowest BCUT2D eigenvalue weighted by Crippen LogP contribution is -2.24. The maximum Gasteiger partial charge on any atom is 0.220 e. The molecule has 0 spiro atoms. The third-order valence-corrected chi connectivity index (χ3v) is 4.89. The normalized spacial score (nSPS) is 11.0. The number of amides is 1. The third-order valence-electron chi connectivity index (χ3n) is 4.89. The molecule has 5 nitrogen and oxygen atoms in total. The highest BCUT2D eigenvalue weighted by atomic mass is 16.5. The summed E-state index contributed by atoms with van der Waals surface area (Å²) in [6.07, 6.45) is 3.35. The summed E-state index contributed by atoms with van der Waals surface area (Å²) >= 11 is 0. The van der Waals surface area contributed by atoms with Gasteiger partial charge in [0.05, 0.1) is 24.2 Å². The molecular weight excluding hydrogens is 362 g/mol. The Morgan fingerprint density at radius 3 is 2.62 bits per heavy atom. The summed E-state index contributed by atoms with van der Waals surface area (Å²) in [5.41, 5.74) is 4.53. The summed E-state index contributed by atoms with van der Waals surface area (Å²) in [4.78, 5) is 16.6. The van der Waals surface area contributed by atoms with Gasteiger partial charge >= 0.3 is 0 Å². The van der Waals surface area contributed by atoms with Gasteiger partial charge < -0.3 is 14.6 Å². The van der Waals surface area contributed by atoms with Gasteiger partial charge in [0.1, 0.15) is 11.6 Å². The number of carbonyl (C=O) groups is 1. The first kappa shape index (κ1) is 20.9. The van der Waals surface area contributed by atoms with Crippen molar-refractivity contribution < 1.29 is 9.53 Å². The minimum Gasteiger partial charge on any atom is -0.494 e. The van der Waals surface area contributed by atoms with Crippen molar-refractivity contribution >= 4 is 16.9 Å². The standard InChI is InChI=1S/C24H31N3O2/c1-4-9-24(28)25-17-23-26-21-10-5-6-11-22(21)27(23)12-7-8-13-29-20-15-18(2)14-19(3)16-20/h5-6,10-11,14-16H,4,7-9,12-13,17H2,1-3H3,(H,25,28). The van der Waals surface area contributed by atoms with Crippen molar-refractivity contribution in [3.63, 3.8) is 0 Å². The SMILES string of the molecule is CCCC(=O)NCc1nc2ccccc2n1CCCCOc1cc(C)cc(C)c1. The van der Waals surface area contributed by atoms with Gasteiger partial charge in [-0.1, -0.05) is 25.1 Å². The second kappa shape index (κ2) is 10.1. The van der Waals surface area contributed by atoms with Crippen LogP contribution in [0.2, 0.25) is 0 Å². The molecule has 154 valence electrons. The van der Waals surface area contributed by atoms with E-state index in [4.69, 9.17) is 9.72 Å². The van der Waals surface area contributed by atoms with E-state index in [2.05, 4.69) is 48.0 Å². The fraction of sp³-hybridized carbons (Fsp3) is 0.417. The number of nitrogens with one attached hydrogen (secondary N) is 1. The van der Waals surface area contributed by atoms with Crippen molar-refractivity contribution in [1.29, 1.82) is 0 Å². The van der Waals surface area contributed by atoms with E-state index < -0.39 is 0 Å². The van der Waals surface area contributed by atoms with E-state index in [1.54, 1.807) is 0 Å². The van der Waals surface area contributed by atoms with Crippen LogP contribution in [0.4, 0.5) is 0 Å². The van der Waals surface area contributed by atoms with E-state index in [9.17, 15) is 4.79 Å². The summed E-state index contributed by atoms with van der Waals surface area (Å²) in [6, 6.07) is 14.4. The number of unbranched alkanes of at least 4 members (excludes halogenated alkanes) is 1. The Labute approximate surface area is 173 Å². The largest absolute Gasteiger partial charge is 0.494 e. The Balaban J connectivity index is 1.58. The lowest BCUT2D eigenvalue weighted by Gasteiger charge is -2.11. The van der Waals surface area contributed by atoms with Gasteiger partial charge in [0.15, 0.2) is 0 Å². The molecule has 3 rings (SSSR count). The van der Waals surface area contributed by atoms with Crippen LogP contribution in [0.25, 0.3) is 11.0 Å². The molecule has 2 aromatic carbocycles. The highest BCUT2D eigenvalue weighted by molar-refractivity contribution is 5.77. The number of nitrogens with zero attached hydrogens (tertiary/aromatic N) is 2. The van der Waals surface area contributed by atoms with Gasteiger partial charge in [-0.2, -0.15) is 0 Å². The van der Waals surface area contributed by atoms with Gasteiger partial charge in [-0.15, -0.1) is 0 Å². The Bertz CT molecular complexity index is 942. The van der Waals surface area contributed by atoms with Gasteiger partial charge in [-0.3, -0.25) is 4.79 Å². The molecule has 0 saturated heterocycles. The summed E-state index contributed by atoms with van der Waals surface area (Å²) in [5, 5.41) is 2.99. The van der Waals surface area contributed by atoms with Crippen LogP contribution in [0.15, 0.2) is 42.5 Å². The number of ether oxygens (including phenoxy) is 1. The van der Waals surface area contributed by atoms with Crippen LogP contribution in [-0.4, -0.2) is 22.1 Å². The minimum absolute atomic E-state index is 0.0768. The average Bonchev–Trinajstić information content (AvgIpc) is 3.03. The van der Waals surface area contributed by atoms with Gasteiger partial charge in [-0.05, 0) is 68.5 Å². The van der Waals surface area contributed by atoms with Crippen LogP contribution in [-0.2, 0) is 17.9 Å². The Kier molecular flexibility index (Phi) is 7.28. The predicted molar refractivity (Wildman–Crippen MR) is 117 cm³/mol. The third kappa shape index (κ3) is 5.83. The van der Waals surface area contributed by atoms with Gasteiger partial charge in [-0.25, -0.2) is 4.98 Å². The van der Waals surface area contributed by atoms with Gasteiger partial charge in [0, 0.05) is 13.0 Å². The second-order valence-corrected chi connectivity index (χ2v) is 7.57. The molecule has 0 unspecified atom stereocenters. The fourth-order valence-corrected chi connectivity index (χ4v) is 3.58. The van der Waals surface area contributed by atoms with Crippen molar-refractivity contribution in [2.45, 2.75) is 59.5 Å². The lowest BCUT2D eigenvalue weighted by molar-refractivity contribution is -0.121. The zero-order valence-corrected chi connectivity index (χ0v) is 17.7. The number of para-hydroxylation sites is 2. The van der Waals surface area contributed by atoms with E-state index >= 15 is 0 Å². The monoisotopic (exact) mass is 393 g/mol. The predicted octanol–water partition coefficient (Wildman–Crippen LogP) is 4.93. The molecule has 1 aromatic heterocycles. The highest BCUT2D eigenvalue weighted by Gasteiger charge is 2.11. The first-order chi connectivity index (χ1) is 14.1. The molecule has 0 aliphatic carbocycles. The first-order valence-electron chi connectivity index (χ1n) is 10.5. The summed E-state index contributed by atoms with van der Waals surface area (Å²) in [5.74, 6) is 1.92. The van der Waals surface area contributed by atoms with Gasteiger partial charge in [0.2, 0.25) is 5.91 Å². The number of benzene rings is 2. The minimum atomic E-state index is 0.0768. The maximum absolute atomic E-state index is 11.9. The molecule has 0 aliphatic heterocycles. The van der Waals surface area contributed by atoms with Crippen molar-refractivity contribution in [3.05, 3.63) is 59.4 Å². The van der Waals surface area contributed by atoms with Crippen LogP contribution in [0.5, 0.6) is 5.75 Å². The number of aromatic nitrogens is 2.